The summed E-state index contributed by atoms with van der Waals surface area (Å²) in [6.45, 7) is -0.0984. The van der Waals surface area contributed by atoms with E-state index in [4.69, 9.17) is 21.7 Å². The SMILES string of the molecule is N=C(COC(=O)c1cccc(Cl)c1)c1nccs1. The van der Waals surface area contributed by atoms with Crippen LogP contribution in [0.15, 0.2) is 35.8 Å². The first kappa shape index (κ1) is 12.7. The molecule has 92 valence electrons. The van der Waals surface area contributed by atoms with Gasteiger partial charge in [0.25, 0.3) is 0 Å². The van der Waals surface area contributed by atoms with Gasteiger partial charge >= 0.3 is 5.97 Å². The van der Waals surface area contributed by atoms with E-state index < -0.39 is 5.97 Å². The van der Waals surface area contributed by atoms with Gasteiger partial charge in [0.05, 0.1) is 5.56 Å². The Balaban J connectivity index is 1.95. The quantitative estimate of drug-likeness (QED) is 0.692. The number of thiazole rings is 1. The number of halogens is 1. The third-order valence-corrected chi connectivity index (χ3v) is 3.17. The topological polar surface area (TPSA) is 63.0 Å². The molecular weight excluding hydrogens is 272 g/mol. The lowest BCUT2D eigenvalue weighted by Gasteiger charge is -2.04. The molecule has 2 rings (SSSR count). The average Bonchev–Trinajstić information content (AvgIpc) is 2.89. The van der Waals surface area contributed by atoms with Gasteiger partial charge in [-0.1, -0.05) is 17.7 Å². The van der Waals surface area contributed by atoms with E-state index in [0.717, 1.165) is 0 Å². The zero-order valence-electron chi connectivity index (χ0n) is 9.22. The molecule has 0 radical (unpaired) electrons. The van der Waals surface area contributed by atoms with Crippen molar-refractivity contribution >= 4 is 34.6 Å². The van der Waals surface area contributed by atoms with Gasteiger partial charge in [-0.25, -0.2) is 9.78 Å². The highest BCUT2D eigenvalue weighted by Crippen LogP contribution is 2.12. The van der Waals surface area contributed by atoms with Crippen molar-refractivity contribution in [1.29, 1.82) is 5.41 Å². The zero-order valence-corrected chi connectivity index (χ0v) is 10.8. The van der Waals surface area contributed by atoms with E-state index >= 15 is 0 Å². The standard InChI is InChI=1S/C12H9ClN2O2S/c13-9-3-1-2-8(6-9)12(16)17-7-10(14)11-15-4-5-18-11/h1-6,14H,7H2. The van der Waals surface area contributed by atoms with E-state index in [9.17, 15) is 4.79 Å². The van der Waals surface area contributed by atoms with Crippen molar-refractivity contribution in [3.8, 4) is 0 Å². The van der Waals surface area contributed by atoms with Crippen LogP contribution in [0.4, 0.5) is 0 Å². The number of rotatable bonds is 4. The fourth-order valence-corrected chi connectivity index (χ4v) is 2.03. The first-order valence-electron chi connectivity index (χ1n) is 5.07. The fraction of sp³-hybridized carbons (Fsp3) is 0.0833. The number of benzene rings is 1. The minimum absolute atomic E-state index is 0.0984. The first-order chi connectivity index (χ1) is 8.66. The normalized spacial score (nSPS) is 10.1. The van der Waals surface area contributed by atoms with Crippen molar-refractivity contribution in [3.63, 3.8) is 0 Å². The highest BCUT2D eigenvalue weighted by molar-refractivity contribution is 7.11. The lowest BCUT2D eigenvalue weighted by Crippen LogP contribution is -2.14. The fourth-order valence-electron chi connectivity index (χ4n) is 1.27. The number of aromatic nitrogens is 1. The van der Waals surface area contributed by atoms with Crippen molar-refractivity contribution in [2.45, 2.75) is 0 Å². The summed E-state index contributed by atoms with van der Waals surface area (Å²) in [5, 5.41) is 10.5. The maximum Gasteiger partial charge on any atom is 0.338 e. The van der Waals surface area contributed by atoms with E-state index in [1.54, 1.807) is 29.8 Å². The predicted molar refractivity (Wildman–Crippen MR) is 70.7 cm³/mol. The van der Waals surface area contributed by atoms with Gasteiger partial charge in [-0.2, -0.15) is 0 Å². The summed E-state index contributed by atoms with van der Waals surface area (Å²) in [5.74, 6) is -0.501. The van der Waals surface area contributed by atoms with Crippen LogP contribution >= 0.6 is 22.9 Å². The monoisotopic (exact) mass is 280 g/mol. The van der Waals surface area contributed by atoms with Crippen LogP contribution in [0.1, 0.15) is 15.4 Å². The Kier molecular flexibility index (Phi) is 4.07. The zero-order chi connectivity index (χ0) is 13.0. The molecule has 0 saturated carbocycles. The molecule has 1 heterocycles. The number of nitrogens with one attached hydrogen (secondary N) is 1. The number of carbonyl (C=O) groups is 1. The molecule has 0 unspecified atom stereocenters. The molecule has 0 aliphatic carbocycles. The number of esters is 1. The molecular formula is C12H9ClN2O2S. The van der Waals surface area contributed by atoms with Crippen molar-refractivity contribution < 1.29 is 9.53 Å². The molecule has 0 spiro atoms. The molecule has 18 heavy (non-hydrogen) atoms. The molecule has 1 aromatic heterocycles. The average molecular weight is 281 g/mol. The molecule has 0 aliphatic heterocycles. The number of nitrogens with zero attached hydrogens (tertiary/aromatic N) is 1. The molecule has 6 heteroatoms. The molecule has 0 fully saturated rings. The molecule has 0 amide bonds. The van der Waals surface area contributed by atoms with Crippen molar-refractivity contribution in [2.24, 2.45) is 0 Å². The lowest BCUT2D eigenvalue weighted by molar-refractivity contribution is 0.0563. The van der Waals surface area contributed by atoms with Crippen LogP contribution in [-0.2, 0) is 4.74 Å². The summed E-state index contributed by atoms with van der Waals surface area (Å²) < 4.78 is 5.01. The van der Waals surface area contributed by atoms with Gasteiger partial charge in [-0.05, 0) is 18.2 Å². The van der Waals surface area contributed by atoms with Crippen LogP contribution < -0.4 is 0 Å². The molecule has 0 atom stereocenters. The Morgan fingerprint density at radius 1 is 1.50 bits per heavy atom. The van der Waals surface area contributed by atoms with Gasteiger partial charge in [0.1, 0.15) is 17.3 Å². The van der Waals surface area contributed by atoms with Gasteiger partial charge in [0.2, 0.25) is 0 Å². The molecule has 4 nitrogen and oxygen atoms in total. The molecule has 0 aliphatic rings. The Morgan fingerprint density at radius 3 is 3.00 bits per heavy atom. The number of carbonyl (C=O) groups excluding carboxylic acids is 1. The summed E-state index contributed by atoms with van der Waals surface area (Å²) in [7, 11) is 0. The molecule has 1 aromatic carbocycles. The van der Waals surface area contributed by atoms with Gasteiger partial charge in [-0.15, -0.1) is 11.3 Å². The Bertz CT molecular complexity index is 569. The molecule has 1 N–H and O–H groups in total. The van der Waals surface area contributed by atoms with Crippen molar-refractivity contribution in [1.82, 2.24) is 4.98 Å². The van der Waals surface area contributed by atoms with E-state index in [-0.39, 0.29) is 12.3 Å². The van der Waals surface area contributed by atoms with Crippen LogP contribution in [0.5, 0.6) is 0 Å². The first-order valence-corrected chi connectivity index (χ1v) is 6.32. The third-order valence-electron chi connectivity index (χ3n) is 2.10. The number of ether oxygens (including phenoxy) is 1. The van der Waals surface area contributed by atoms with Gasteiger partial charge in [-0.3, -0.25) is 5.41 Å². The Labute approximate surface area is 113 Å². The largest absolute Gasteiger partial charge is 0.455 e. The van der Waals surface area contributed by atoms with Crippen LogP contribution in [0.2, 0.25) is 5.02 Å². The summed E-state index contributed by atoms with van der Waals surface area (Å²) in [6.07, 6.45) is 1.60. The summed E-state index contributed by atoms with van der Waals surface area (Å²) in [5.41, 5.74) is 0.551. The van der Waals surface area contributed by atoms with Gasteiger partial charge < -0.3 is 4.74 Å². The predicted octanol–water partition coefficient (Wildman–Crippen LogP) is 3.02. The maximum atomic E-state index is 11.7. The van der Waals surface area contributed by atoms with Gasteiger partial charge in [0.15, 0.2) is 0 Å². The van der Waals surface area contributed by atoms with Crippen LogP contribution in [0.25, 0.3) is 0 Å². The van der Waals surface area contributed by atoms with Crippen LogP contribution in [0.3, 0.4) is 0 Å². The van der Waals surface area contributed by atoms with E-state index in [2.05, 4.69) is 4.98 Å². The van der Waals surface area contributed by atoms with E-state index in [0.29, 0.717) is 15.6 Å². The maximum absolute atomic E-state index is 11.7. The van der Waals surface area contributed by atoms with Crippen LogP contribution in [0, 0.1) is 5.41 Å². The minimum Gasteiger partial charge on any atom is -0.455 e. The second kappa shape index (κ2) is 5.75. The highest BCUT2D eigenvalue weighted by atomic mass is 35.5. The summed E-state index contributed by atoms with van der Waals surface area (Å²) in [4.78, 5) is 15.6. The van der Waals surface area contributed by atoms with E-state index in [1.807, 2.05) is 0 Å². The summed E-state index contributed by atoms with van der Waals surface area (Å²) in [6, 6.07) is 6.49. The Morgan fingerprint density at radius 2 is 2.33 bits per heavy atom. The summed E-state index contributed by atoms with van der Waals surface area (Å²) >= 11 is 7.11. The molecule has 0 saturated heterocycles. The lowest BCUT2D eigenvalue weighted by atomic mass is 10.2. The van der Waals surface area contributed by atoms with E-state index in [1.165, 1.54) is 17.4 Å². The van der Waals surface area contributed by atoms with Crippen LogP contribution in [-0.4, -0.2) is 23.3 Å². The van der Waals surface area contributed by atoms with Crippen molar-refractivity contribution in [2.75, 3.05) is 6.61 Å². The minimum atomic E-state index is -0.501. The highest BCUT2D eigenvalue weighted by Gasteiger charge is 2.10. The second-order valence-corrected chi connectivity index (χ2v) is 4.73. The third kappa shape index (κ3) is 3.15. The smallest absolute Gasteiger partial charge is 0.338 e. The molecule has 0 bridgehead atoms. The number of hydrogen-bond acceptors (Lipinski definition) is 5. The number of hydrogen-bond donors (Lipinski definition) is 1. The molecule has 2 aromatic rings. The Hall–Kier alpha value is -1.72. The van der Waals surface area contributed by atoms with Gasteiger partial charge in [0, 0.05) is 16.6 Å². The van der Waals surface area contributed by atoms with Crippen molar-refractivity contribution in [3.05, 3.63) is 51.4 Å². The second-order valence-electron chi connectivity index (χ2n) is 3.40.